The molecule has 0 bridgehead atoms. The quantitative estimate of drug-likeness (QED) is 0.616. The van der Waals surface area contributed by atoms with Crippen molar-refractivity contribution in [3.05, 3.63) is 94.5 Å². The van der Waals surface area contributed by atoms with Crippen molar-refractivity contribution >= 4 is 12.1 Å². The lowest BCUT2D eigenvalue weighted by Gasteiger charge is -2.14. The standard InChI is InChI=1S/C26H21NO4/c1-17-15-19(25(28)29)13-12-18(17)7-6-14-27-26(30)31-16-24-22-10-4-2-8-20(22)21-9-3-5-11-23(21)24/h2-5,8-13,15,24H,14,16H2,1H3,(H,27,30)(H,28,29). The van der Waals surface area contributed by atoms with Crippen LogP contribution in [0.3, 0.4) is 0 Å². The van der Waals surface area contributed by atoms with Crippen LogP contribution in [0.15, 0.2) is 66.7 Å². The molecular formula is C26H21NO4. The van der Waals surface area contributed by atoms with Gasteiger partial charge in [-0.3, -0.25) is 0 Å². The number of carbonyl (C=O) groups is 2. The van der Waals surface area contributed by atoms with Crippen LogP contribution in [0.5, 0.6) is 0 Å². The molecule has 1 amide bonds. The van der Waals surface area contributed by atoms with Crippen molar-refractivity contribution in [2.45, 2.75) is 12.8 Å². The number of carboxylic acid groups (broad SMARTS) is 1. The second-order valence-corrected chi connectivity index (χ2v) is 7.32. The van der Waals surface area contributed by atoms with Crippen molar-refractivity contribution in [1.29, 1.82) is 0 Å². The Labute approximate surface area is 180 Å². The van der Waals surface area contributed by atoms with Crippen LogP contribution < -0.4 is 5.32 Å². The van der Waals surface area contributed by atoms with Crippen molar-refractivity contribution in [3.8, 4) is 23.0 Å². The number of alkyl carbamates (subject to hydrolysis) is 1. The van der Waals surface area contributed by atoms with Crippen LogP contribution in [-0.2, 0) is 4.74 Å². The van der Waals surface area contributed by atoms with Gasteiger partial charge >= 0.3 is 12.1 Å². The van der Waals surface area contributed by atoms with E-state index in [4.69, 9.17) is 9.84 Å². The first kappa shape index (κ1) is 20.2. The lowest BCUT2D eigenvalue weighted by Crippen LogP contribution is -2.26. The van der Waals surface area contributed by atoms with Gasteiger partial charge in [-0.15, -0.1) is 0 Å². The van der Waals surface area contributed by atoms with Gasteiger partial charge in [0.15, 0.2) is 0 Å². The van der Waals surface area contributed by atoms with E-state index in [-0.39, 0.29) is 24.6 Å². The molecule has 0 aromatic heterocycles. The number of carboxylic acids is 1. The molecule has 0 saturated carbocycles. The summed E-state index contributed by atoms with van der Waals surface area (Å²) in [6.07, 6.45) is -0.519. The first-order chi connectivity index (χ1) is 15.0. The van der Waals surface area contributed by atoms with Gasteiger partial charge in [0.05, 0.1) is 12.1 Å². The van der Waals surface area contributed by atoms with Crippen LogP contribution in [0.25, 0.3) is 11.1 Å². The zero-order valence-electron chi connectivity index (χ0n) is 17.0. The van der Waals surface area contributed by atoms with E-state index in [9.17, 15) is 9.59 Å². The summed E-state index contributed by atoms with van der Waals surface area (Å²) in [4.78, 5) is 23.2. The summed E-state index contributed by atoms with van der Waals surface area (Å²) in [5.41, 5.74) is 6.41. The number of amides is 1. The smallest absolute Gasteiger partial charge is 0.407 e. The molecule has 0 radical (unpaired) electrons. The zero-order valence-corrected chi connectivity index (χ0v) is 17.0. The molecule has 5 heteroatoms. The third kappa shape index (κ3) is 4.29. The number of aryl methyl sites for hydroxylation is 1. The SMILES string of the molecule is Cc1cc(C(=O)O)ccc1C#CCNC(=O)OCC1c2ccccc2-c2ccccc21. The molecule has 1 aliphatic rings. The number of aromatic carboxylic acids is 1. The van der Waals surface area contributed by atoms with Crippen molar-refractivity contribution in [3.63, 3.8) is 0 Å². The Morgan fingerprint density at radius 3 is 2.26 bits per heavy atom. The van der Waals surface area contributed by atoms with Crippen molar-refractivity contribution < 1.29 is 19.4 Å². The number of rotatable bonds is 4. The molecule has 0 saturated heterocycles. The first-order valence-corrected chi connectivity index (χ1v) is 9.96. The van der Waals surface area contributed by atoms with E-state index in [0.717, 1.165) is 22.3 Å². The summed E-state index contributed by atoms with van der Waals surface area (Å²) < 4.78 is 5.47. The maximum absolute atomic E-state index is 12.2. The van der Waals surface area contributed by atoms with Gasteiger partial charge in [-0.2, -0.15) is 0 Å². The highest BCUT2D eigenvalue weighted by molar-refractivity contribution is 5.88. The lowest BCUT2D eigenvalue weighted by molar-refractivity contribution is 0.0696. The van der Waals surface area contributed by atoms with Crippen molar-refractivity contribution in [2.75, 3.05) is 13.2 Å². The fourth-order valence-electron chi connectivity index (χ4n) is 3.84. The molecule has 0 heterocycles. The Balaban J connectivity index is 1.34. The van der Waals surface area contributed by atoms with E-state index >= 15 is 0 Å². The second kappa shape index (κ2) is 8.76. The minimum absolute atomic E-state index is 0.0135. The van der Waals surface area contributed by atoms with Crippen LogP contribution >= 0.6 is 0 Å². The van der Waals surface area contributed by atoms with E-state index in [1.807, 2.05) is 24.3 Å². The fourth-order valence-corrected chi connectivity index (χ4v) is 3.84. The maximum Gasteiger partial charge on any atom is 0.407 e. The van der Waals surface area contributed by atoms with Gasteiger partial charge in [-0.1, -0.05) is 60.4 Å². The third-order valence-electron chi connectivity index (χ3n) is 5.36. The summed E-state index contributed by atoms with van der Waals surface area (Å²) in [6, 6.07) is 21.1. The minimum atomic E-state index is -0.973. The first-order valence-electron chi connectivity index (χ1n) is 9.96. The van der Waals surface area contributed by atoms with Crippen molar-refractivity contribution in [2.24, 2.45) is 0 Å². The Morgan fingerprint density at radius 2 is 1.65 bits per heavy atom. The Kier molecular flexibility index (Phi) is 5.72. The summed E-state index contributed by atoms with van der Waals surface area (Å²) in [6.45, 7) is 2.19. The van der Waals surface area contributed by atoms with E-state index in [1.54, 1.807) is 19.1 Å². The van der Waals surface area contributed by atoms with E-state index in [0.29, 0.717) is 0 Å². The highest BCUT2D eigenvalue weighted by Gasteiger charge is 2.28. The van der Waals surface area contributed by atoms with Gasteiger partial charge in [0.2, 0.25) is 0 Å². The predicted molar refractivity (Wildman–Crippen MR) is 118 cm³/mol. The molecule has 3 aromatic rings. The topological polar surface area (TPSA) is 75.6 Å². The molecule has 3 aromatic carbocycles. The predicted octanol–water partition coefficient (Wildman–Crippen LogP) is 4.58. The normalized spacial score (nSPS) is 11.6. The lowest BCUT2D eigenvalue weighted by atomic mass is 9.98. The van der Waals surface area contributed by atoms with Crippen LogP contribution in [0, 0.1) is 18.8 Å². The Hall–Kier alpha value is -4.04. The number of hydrogen-bond donors (Lipinski definition) is 2. The fraction of sp³-hybridized carbons (Fsp3) is 0.154. The van der Waals surface area contributed by atoms with E-state index in [2.05, 4.69) is 41.4 Å². The number of benzene rings is 3. The highest BCUT2D eigenvalue weighted by atomic mass is 16.5. The van der Waals surface area contributed by atoms with Gasteiger partial charge in [0.25, 0.3) is 0 Å². The molecule has 0 aliphatic heterocycles. The van der Waals surface area contributed by atoms with Gasteiger partial charge in [-0.05, 0) is 52.9 Å². The van der Waals surface area contributed by atoms with Crippen LogP contribution in [0.1, 0.15) is 38.5 Å². The molecule has 2 N–H and O–H groups in total. The molecule has 4 rings (SSSR count). The largest absolute Gasteiger partial charge is 0.478 e. The second-order valence-electron chi connectivity index (χ2n) is 7.32. The molecule has 0 unspecified atom stereocenters. The minimum Gasteiger partial charge on any atom is -0.478 e. The number of hydrogen-bond acceptors (Lipinski definition) is 3. The van der Waals surface area contributed by atoms with Gasteiger partial charge in [-0.25, -0.2) is 9.59 Å². The molecule has 5 nitrogen and oxygen atoms in total. The molecule has 1 aliphatic carbocycles. The molecule has 154 valence electrons. The van der Waals surface area contributed by atoms with Gasteiger partial charge in [0, 0.05) is 11.5 Å². The highest BCUT2D eigenvalue weighted by Crippen LogP contribution is 2.44. The van der Waals surface area contributed by atoms with E-state index < -0.39 is 12.1 Å². The monoisotopic (exact) mass is 411 g/mol. The summed E-state index contributed by atoms with van der Waals surface area (Å²) in [5.74, 6) is 4.86. The molecule has 0 fully saturated rings. The Bertz CT molecular complexity index is 1170. The number of carbonyl (C=O) groups excluding carboxylic acids is 1. The molecule has 0 atom stereocenters. The summed E-state index contributed by atoms with van der Waals surface area (Å²) in [5, 5.41) is 11.7. The molecule has 0 spiro atoms. The van der Waals surface area contributed by atoms with E-state index in [1.165, 1.54) is 17.2 Å². The molecular weight excluding hydrogens is 390 g/mol. The van der Waals surface area contributed by atoms with Crippen molar-refractivity contribution in [1.82, 2.24) is 5.32 Å². The van der Waals surface area contributed by atoms with Gasteiger partial charge in [0.1, 0.15) is 6.61 Å². The number of ether oxygens (including phenoxy) is 1. The van der Waals surface area contributed by atoms with Crippen LogP contribution in [0.4, 0.5) is 4.79 Å². The molecule has 31 heavy (non-hydrogen) atoms. The average Bonchev–Trinajstić information content (AvgIpc) is 3.10. The number of fused-ring (bicyclic) bond motifs is 3. The summed E-state index contributed by atoms with van der Waals surface area (Å²) in [7, 11) is 0. The van der Waals surface area contributed by atoms with Crippen LogP contribution in [-0.4, -0.2) is 30.3 Å². The zero-order chi connectivity index (χ0) is 21.8. The van der Waals surface area contributed by atoms with Gasteiger partial charge < -0.3 is 15.2 Å². The third-order valence-corrected chi connectivity index (χ3v) is 5.36. The number of nitrogens with one attached hydrogen (secondary N) is 1. The average molecular weight is 411 g/mol. The maximum atomic E-state index is 12.2. The summed E-state index contributed by atoms with van der Waals surface area (Å²) >= 11 is 0. The van der Waals surface area contributed by atoms with Crippen LogP contribution in [0.2, 0.25) is 0 Å². The Morgan fingerprint density at radius 1 is 1.00 bits per heavy atom.